The molecule has 0 amide bonds. The maximum Gasteiger partial charge on any atom is 0.271 e. The first-order valence-corrected chi connectivity index (χ1v) is 16.7. The fourth-order valence-electron chi connectivity index (χ4n) is 2.62. The number of carbonyl (C=O) groups is 2. The molecule has 2 saturated heterocycles. The molecule has 156 valence electrons. The second-order valence-electron chi connectivity index (χ2n) is 6.08. The molecule has 2 fully saturated rings. The number of nitrogens with zero attached hydrogens (tertiary/aromatic N) is 2. The molecule has 27 heavy (non-hydrogen) atoms. The molecule has 0 aliphatic carbocycles. The van der Waals surface area contributed by atoms with Crippen molar-refractivity contribution in [1.82, 2.24) is 8.61 Å². The Balaban J connectivity index is 1.34. The Bertz CT molecular complexity index is 395. The van der Waals surface area contributed by atoms with E-state index in [-0.39, 0.29) is 8.89 Å². The SMILES string of the molecule is O=C(SSCCSCCSSC(=O)SN1CCCCC1)SN1CCCCC1. The summed E-state index contributed by atoms with van der Waals surface area (Å²) in [6.07, 6.45) is 7.46. The maximum absolute atomic E-state index is 11.9. The Morgan fingerprint density at radius 3 is 1.41 bits per heavy atom. The van der Waals surface area contributed by atoms with Gasteiger partial charge in [-0.2, -0.15) is 11.8 Å². The van der Waals surface area contributed by atoms with Crippen LogP contribution in [0.15, 0.2) is 0 Å². The van der Waals surface area contributed by atoms with Gasteiger partial charge in [0.15, 0.2) is 0 Å². The molecule has 0 spiro atoms. The molecule has 0 saturated carbocycles. The third-order valence-electron chi connectivity index (χ3n) is 3.91. The highest BCUT2D eigenvalue weighted by Gasteiger charge is 2.16. The summed E-state index contributed by atoms with van der Waals surface area (Å²) in [6.45, 7) is 4.19. The Hall–Kier alpha value is 1.71. The smallest absolute Gasteiger partial charge is 0.271 e. The van der Waals surface area contributed by atoms with E-state index in [1.165, 1.54) is 84.0 Å². The summed E-state index contributed by atoms with van der Waals surface area (Å²) in [4.78, 5) is 23.8. The lowest BCUT2D eigenvalue weighted by Crippen LogP contribution is -2.23. The molecule has 0 aromatic heterocycles. The van der Waals surface area contributed by atoms with Crippen LogP contribution in [0, 0.1) is 0 Å². The molecule has 0 bridgehead atoms. The second-order valence-corrected chi connectivity index (χ2v) is 14.7. The van der Waals surface area contributed by atoms with Gasteiger partial charge in [-0.1, -0.05) is 34.4 Å². The minimum Gasteiger partial charge on any atom is -0.272 e. The predicted octanol–water partition coefficient (Wildman–Crippen LogP) is 6.99. The van der Waals surface area contributed by atoms with Crippen molar-refractivity contribution in [3.05, 3.63) is 0 Å². The second kappa shape index (κ2) is 16.4. The number of hydrogen-bond acceptors (Lipinski definition) is 11. The van der Waals surface area contributed by atoms with Gasteiger partial charge in [-0.25, -0.2) is 8.61 Å². The van der Waals surface area contributed by atoms with E-state index in [4.69, 9.17) is 0 Å². The van der Waals surface area contributed by atoms with Crippen LogP contribution in [0.1, 0.15) is 38.5 Å². The minimum absolute atomic E-state index is 0.212. The highest BCUT2D eigenvalue weighted by molar-refractivity contribution is 8.86. The van der Waals surface area contributed by atoms with E-state index >= 15 is 0 Å². The van der Waals surface area contributed by atoms with E-state index in [1.807, 2.05) is 11.8 Å². The molecule has 0 radical (unpaired) electrons. The predicted molar refractivity (Wildman–Crippen MR) is 134 cm³/mol. The molecule has 0 aromatic rings. The normalized spacial score (nSPS) is 19.3. The van der Waals surface area contributed by atoms with E-state index < -0.39 is 0 Å². The van der Waals surface area contributed by atoms with Crippen molar-refractivity contribution in [1.29, 1.82) is 0 Å². The van der Waals surface area contributed by atoms with Crippen molar-refractivity contribution < 1.29 is 9.59 Å². The van der Waals surface area contributed by atoms with Crippen LogP contribution in [0.5, 0.6) is 0 Å². The number of rotatable bonds is 10. The first kappa shape index (κ1) is 25.0. The summed E-state index contributed by atoms with van der Waals surface area (Å²) in [5.74, 6) is 4.09. The zero-order valence-electron chi connectivity index (χ0n) is 15.5. The molecule has 0 aromatic carbocycles. The van der Waals surface area contributed by atoms with Gasteiger partial charge in [0.1, 0.15) is 0 Å². The van der Waals surface area contributed by atoms with Gasteiger partial charge in [0.2, 0.25) is 0 Å². The van der Waals surface area contributed by atoms with Crippen molar-refractivity contribution in [3.63, 3.8) is 0 Å². The third kappa shape index (κ3) is 12.9. The lowest BCUT2D eigenvalue weighted by atomic mass is 10.2. The summed E-state index contributed by atoms with van der Waals surface area (Å²) in [7, 11) is 6.09. The molecule has 0 atom stereocenters. The fourth-order valence-corrected chi connectivity index (χ4v) is 10.6. The summed E-state index contributed by atoms with van der Waals surface area (Å²) >= 11 is 4.70. The first-order valence-electron chi connectivity index (χ1n) is 9.34. The monoisotopic (exact) mass is 504 g/mol. The van der Waals surface area contributed by atoms with E-state index in [9.17, 15) is 9.59 Å². The molecule has 2 heterocycles. The van der Waals surface area contributed by atoms with Crippen LogP contribution in [-0.4, -0.2) is 66.7 Å². The maximum atomic E-state index is 11.9. The van der Waals surface area contributed by atoms with Crippen LogP contribution >= 0.6 is 78.8 Å². The molecule has 2 rings (SSSR count). The van der Waals surface area contributed by atoms with Gasteiger partial charge in [-0.15, -0.1) is 0 Å². The fraction of sp³-hybridized carbons (Fsp3) is 0.875. The summed E-state index contributed by atoms with van der Waals surface area (Å²) in [6, 6.07) is 0. The average molecular weight is 505 g/mol. The molecule has 0 unspecified atom stereocenters. The topological polar surface area (TPSA) is 40.6 Å². The van der Waals surface area contributed by atoms with Gasteiger partial charge < -0.3 is 0 Å². The van der Waals surface area contributed by atoms with E-state index in [0.717, 1.165) is 49.2 Å². The van der Waals surface area contributed by atoms with Gasteiger partial charge in [0.05, 0.1) is 0 Å². The number of hydrogen-bond donors (Lipinski definition) is 0. The summed E-state index contributed by atoms with van der Waals surface area (Å²) in [5, 5.41) is 0. The van der Waals surface area contributed by atoms with E-state index in [1.54, 1.807) is 21.6 Å². The minimum atomic E-state index is 0.212. The van der Waals surface area contributed by atoms with Crippen LogP contribution in [0.2, 0.25) is 0 Å². The summed E-state index contributed by atoms with van der Waals surface area (Å²) < 4.78 is 4.83. The van der Waals surface area contributed by atoms with E-state index in [2.05, 4.69) is 8.61 Å². The number of carbonyl (C=O) groups excluding carboxylic acids is 2. The Morgan fingerprint density at radius 2 is 1.00 bits per heavy atom. The van der Waals surface area contributed by atoms with Gasteiger partial charge >= 0.3 is 0 Å². The number of piperidine rings is 2. The third-order valence-corrected chi connectivity index (χ3v) is 12.4. The molecule has 0 N–H and O–H groups in total. The molecular formula is C16H28N2O2S7. The van der Waals surface area contributed by atoms with Crippen LogP contribution in [0.25, 0.3) is 0 Å². The van der Waals surface area contributed by atoms with Crippen molar-refractivity contribution in [2.75, 3.05) is 49.2 Å². The van der Waals surface area contributed by atoms with Crippen molar-refractivity contribution in [3.8, 4) is 0 Å². The van der Waals surface area contributed by atoms with Crippen LogP contribution in [-0.2, 0) is 0 Å². The van der Waals surface area contributed by atoms with Crippen molar-refractivity contribution in [2.45, 2.75) is 38.5 Å². The first-order chi connectivity index (χ1) is 13.2. The Labute approximate surface area is 192 Å². The molecule has 4 nitrogen and oxygen atoms in total. The van der Waals surface area contributed by atoms with Crippen LogP contribution in [0.4, 0.5) is 9.59 Å². The quantitative estimate of drug-likeness (QED) is 0.175. The Kier molecular flexibility index (Phi) is 15.2. The molecular weight excluding hydrogens is 477 g/mol. The zero-order chi connectivity index (χ0) is 19.2. The van der Waals surface area contributed by atoms with Crippen LogP contribution in [0.3, 0.4) is 0 Å². The molecule has 11 heteroatoms. The van der Waals surface area contributed by atoms with Crippen molar-refractivity contribution in [2.24, 2.45) is 0 Å². The van der Waals surface area contributed by atoms with Gasteiger partial charge in [0, 0.05) is 73.1 Å². The zero-order valence-corrected chi connectivity index (χ0v) is 21.2. The van der Waals surface area contributed by atoms with Gasteiger partial charge in [-0.3, -0.25) is 9.59 Å². The Morgan fingerprint density at radius 1 is 0.593 bits per heavy atom. The van der Waals surface area contributed by atoms with Gasteiger partial charge in [0.25, 0.3) is 8.89 Å². The lowest BCUT2D eigenvalue weighted by Gasteiger charge is -2.23. The number of thioether (sulfide) groups is 1. The average Bonchev–Trinajstić information content (AvgIpc) is 2.68. The molecule has 2 aliphatic heterocycles. The highest BCUT2D eigenvalue weighted by atomic mass is 33.1. The van der Waals surface area contributed by atoms with Crippen LogP contribution < -0.4 is 0 Å². The molecule has 2 aliphatic rings. The summed E-state index contributed by atoms with van der Waals surface area (Å²) in [5.41, 5.74) is 0. The van der Waals surface area contributed by atoms with Crippen molar-refractivity contribution >= 4 is 87.7 Å². The largest absolute Gasteiger partial charge is 0.272 e. The van der Waals surface area contributed by atoms with Gasteiger partial charge in [-0.05, 0) is 47.3 Å². The van der Waals surface area contributed by atoms with E-state index in [0.29, 0.717) is 0 Å². The highest BCUT2D eigenvalue weighted by Crippen LogP contribution is 2.34. The lowest BCUT2D eigenvalue weighted by molar-refractivity contribution is 0.274. The standard InChI is InChI=1S/C16H28N2O2S7/c19-15(24-17-7-3-1-4-8-17)26-22-13-11-21-12-14-23-27-16(20)25-18-9-5-2-6-10-18/h1-14H2.